The number of carbonyl (C=O) groups excluding carboxylic acids is 1. The Morgan fingerprint density at radius 1 is 1.33 bits per heavy atom. The number of guanidine groups is 1. The fraction of sp³-hybridized carbons (Fsp3) is 0.353. The Kier molecular flexibility index (Phi) is 2.56. The smallest absolute Gasteiger partial charge is 0.281 e. The highest BCUT2D eigenvalue weighted by molar-refractivity contribution is 6.17. The van der Waals surface area contributed by atoms with Crippen molar-refractivity contribution in [3.8, 4) is 5.75 Å². The minimum absolute atomic E-state index is 0.0512. The van der Waals surface area contributed by atoms with Gasteiger partial charge in [0.1, 0.15) is 5.75 Å². The normalized spacial score (nSPS) is 22.8. The summed E-state index contributed by atoms with van der Waals surface area (Å²) in [6, 6.07) is 7.38. The molecule has 0 fully saturated rings. The molecule has 1 aromatic carbocycles. The van der Waals surface area contributed by atoms with E-state index < -0.39 is 13.0 Å². The maximum absolute atomic E-state index is 13.1. The van der Waals surface area contributed by atoms with E-state index in [4.69, 9.17) is 10.2 Å². The van der Waals surface area contributed by atoms with Crippen molar-refractivity contribution in [1.82, 2.24) is 14.5 Å². The molecule has 124 valence electrons. The van der Waals surface area contributed by atoms with Crippen LogP contribution in [0, 0.1) is 0 Å². The number of anilines is 1. The number of amides is 1. The van der Waals surface area contributed by atoms with E-state index in [2.05, 4.69) is 9.98 Å². The van der Waals surface area contributed by atoms with Crippen LogP contribution in [-0.2, 0) is 6.54 Å². The number of aliphatic imine (C=N–C) groups is 1. The molecule has 0 N–H and O–H groups in total. The summed E-state index contributed by atoms with van der Waals surface area (Å²) in [6.07, 6.45) is 1.47. The summed E-state index contributed by atoms with van der Waals surface area (Å²) in [4.78, 5) is 23.5. The van der Waals surface area contributed by atoms with Crippen LogP contribution >= 0.6 is 0 Å². The van der Waals surface area contributed by atoms with Gasteiger partial charge < -0.3 is 9.30 Å². The van der Waals surface area contributed by atoms with Crippen LogP contribution in [0.15, 0.2) is 35.6 Å². The number of hydrogen-bond acceptors (Lipinski definition) is 5. The van der Waals surface area contributed by atoms with Crippen molar-refractivity contribution in [3.05, 3.63) is 41.9 Å². The SMILES string of the molecule is [2H]C1([2H])N=C2N(CC)C(=O)c3c(ncn3Cc3ccc(OC)cc3)N2C1([2H])[2H]. The quantitative estimate of drug-likeness (QED) is 0.854. The molecule has 7 nitrogen and oxygen atoms in total. The van der Waals surface area contributed by atoms with E-state index in [1.807, 2.05) is 24.3 Å². The molecule has 24 heavy (non-hydrogen) atoms. The molecule has 0 unspecified atom stereocenters. The molecule has 0 aliphatic carbocycles. The van der Waals surface area contributed by atoms with Gasteiger partial charge in [-0.3, -0.25) is 19.6 Å². The summed E-state index contributed by atoms with van der Waals surface area (Å²) in [6.45, 7) is -2.65. The van der Waals surface area contributed by atoms with Crippen molar-refractivity contribution in [2.75, 3.05) is 31.5 Å². The zero-order chi connectivity index (χ0) is 20.3. The lowest BCUT2D eigenvalue weighted by Gasteiger charge is -2.32. The van der Waals surface area contributed by atoms with Crippen LogP contribution in [0.4, 0.5) is 5.82 Å². The molecule has 0 saturated heterocycles. The predicted octanol–water partition coefficient (Wildman–Crippen LogP) is 1.59. The highest BCUT2D eigenvalue weighted by Gasteiger charge is 2.39. The Morgan fingerprint density at radius 3 is 2.83 bits per heavy atom. The van der Waals surface area contributed by atoms with Gasteiger partial charge in [0.15, 0.2) is 11.5 Å². The van der Waals surface area contributed by atoms with Crippen LogP contribution in [-0.4, -0.2) is 53.0 Å². The summed E-state index contributed by atoms with van der Waals surface area (Å²) in [5, 5.41) is 0. The Bertz CT molecular complexity index is 970. The van der Waals surface area contributed by atoms with Gasteiger partial charge in [-0.1, -0.05) is 12.1 Å². The van der Waals surface area contributed by atoms with Crippen LogP contribution in [0.2, 0.25) is 0 Å². The van der Waals surface area contributed by atoms with Gasteiger partial charge in [0, 0.05) is 19.6 Å². The highest BCUT2D eigenvalue weighted by Crippen LogP contribution is 2.29. The second-order valence-electron chi connectivity index (χ2n) is 5.41. The molecule has 1 amide bonds. The van der Waals surface area contributed by atoms with Gasteiger partial charge in [-0.2, -0.15) is 0 Å². The first-order chi connectivity index (χ1) is 13.2. The van der Waals surface area contributed by atoms with Crippen molar-refractivity contribution < 1.29 is 15.0 Å². The average molecular weight is 329 g/mol. The maximum Gasteiger partial charge on any atom is 0.281 e. The van der Waals surface area contributed by atoms with Crippen molar-refractivity contribution in [1.29, 1.82) is 0 Å². The zero-order valence-electron chi connectivity index (χ0n) is 17.4. The fourth-order valence-electron chi connectivity index (χ4n) is 2.86. The minimum atomic E-state index is -2.50. The molecule has 0 atom stereocenters. The summed E-state index contributed by atoms with van der Waals surface area (Å²) >= 11 is 0. The van der Waals surface area contributed by atoms with Gasteiger partial charge in [0.2, 0.25) is 5.96 Å². The summed E-state index contributed by atoms with van der Waals surface area (Å²) in [5.41, 5.74) is 1.12. The topological polar surface area (TPSA) is 63.0 Å². The van der Waals surface area contributed by atoms with E-state index >= 15 is 0 Å². The predicted molar refractivity (Wildman–Crippen MR) is 90.7 cm³/mol. The van der Waals surface area contributed by atoms with E-state index in [1.54, 1.807) is 18.6 Å². The average Bonchev–Trinajstić information content (AvgIpc) is 3.13. The number of methoxy groups -OCH3 is 1. The molecule has 0 saturated carbocycles. The number of benzene rings is 1. The molecule has 7 heteroatoms. The molecule has 2 aromatic rings. The van der Waals surface area contributed by atoms with Crippen LogP contribution in [0.25, 0.3) is 0 Å². The lowest BCUT2D eigenvalue weighted by atomic mass is 10.2. The van der Waals surface area contributed by atoms with E-state index in [-0.39, 0.29) is 29.9 Å². The number of nitrogens with zero attached hydrogens (tertiary/aromatic N) is 5. The van der Waals surface area contributed by atoms with E-state index in [9.17, 15) is 4.79 Å². The van der Waals surface area contributed by atoms with Crippen molar-refractivity contribution in [2.45, 2.75) is 13.5 Å². The number of aromatic nitrogens is 2. The van der Waals surface area contributed by atoms with Gasteiger partial charge >= 0.3 is 0 Å². The van der Waals surface area contributed by atoms with Gasteiger partial charge in [-0.25, -0.2) is 4.98 Å². The first kappa shape index (κ1) is 10.9. The molecule has 0 spiro atoms. The number of hydrogen-bond donors (Lipinski definition) is 0. The van der Waals surface area contributed by atoms with Crippen molar-refractivity contribution >= 4 is 17.7 Å². The van der Waals surface area contributed by atoms with Gasteiger partial charge in [-0.15, -0.1) is 0 Å². The van der Waals surface area contributed by atoms with Crippen LogP contribution < -0.4 is 9.64 Å². The number of imidazole rings is 1. The molecule has 3 heterocycles. The van der Waals surface area contributed by atoms with Crippen LogP contribution in [0.3, 0.4) is 0 Å². The monoisotopic (exact) mass is 329 g/mol. The zero-order valence-corrected chi connectivity index (χ0v) is 13.4. The van der Waals surface area contributed by atoms with Gasteiger partial charge in [0.25, 0.3) is 5.91 Å². The highest BCUT2D eigenvalue weighted by atomic mass is 16.5. The number of fused-ring (bicyclic) bond motifs is 3. The molecule has 2 aliphatic rings. The minimum Gasteiger partial charge on any atom is -0.497 e. The lowest BCUT2D eigenvalue weighted by molar-refractivity contribution is 0.0836. The fourth-order valence-corrected chi connectivity index (χ4v) is 2.86. The van der Waals surface area contributed by atoms with E-state index in [1.165, 1.54) is 11.2 Å². The van der Waals surface area contributed by atoms with Crippen molar-refractivity contribution in [2.24, 2.45) is 4.99 Å². The Labute approximate surface area is 145 Å². The second kappa shape index (κ2) is 5.67. The van der Waals surface area contributed by atoms with Crippen LogP contribution in [0.5, 0.6) is 5.75 Å². The first-order valence-electron chi connectivity index (χ1n) is 9.61. The van der Waals surface area contributed by atoms with E-state index in [0.717, 1.165) is 16.2 Å². The lowest BCUT2D eigenvalue weighted by Crippen LogP contribution is -2.50. The molecular weight excluding hydrogens is 306 g/mol. The van der Waals surface area contributed by atoms with Gasteiger partial charge in [0.05, 0.1) is 25.4 Å². The number of carbonyl (C=O) groups is 1. The summed E-state index contributed by atoms with van der Waals surface area (Å²) < 4.78 is 39.2. The molecule has 1 aromatic heterocycles. The molecule has 4 rings (SSSR count). The Hall–Kier alpha value is -2.83. The Morgan fingerprint density at radius 2 is 2.12 bits per heavy atom. The third-order valence-electron chi connectivity index (χ3n) is 4.07. The number of ether oxygens (including phenoxy) is 1. The standard InChI is InChI=1S/C17H19N5O2/c1-3-21-16(23)14-15(22-9-8-18-17(21)22)19-11-20(14)10-12-4-6-13(24-2)7-5-12/h4-7,11H,3,8-10H2,1-2H3/i8D2,9D2. The summed E-state index contributed by atoms with van der Waals surface area (Å²) in [7, 11) is 1.58. The molecule has 0 bridgehead atoms. The molecular formula is C17H19N5O2. The third-order valence-corrected chi connectivity index (χ3v) is 4.07. The molecule has 2 aliphatic heterocycles. The van der Waals surface area contributed by atoms with E-state index in [0.29, 0.717) is 6.54 Å². The molecule has 0 radical (unpaired) electrons. The van der Waals surface area contributed by atoms with Crippen molar-refractivity contribution in [3.63, 3.8) is 0 Å². The van der Waals surface area contributed by atoms with Crippen LogP contribution in [0.1, 0.15) is 28.5 Å². The largest absolute Gasteiger partial charge is 0.497 e. The first-order valence-corrected chi connectivity index (χ1v) is 7.61. The number of rotatable bonds is 4. The third kappa shape index (κ3) is 2.16. The summed E-state index contributed by atoms with van der Waals surface area (Å²) in [5.74, 6) is 0.364. The van der Waals surface area contributed by atoms with Gasteiger partial charge in [-0.05, 0) is 24.6 Å². The maximum atomic E-state index is 13.1. The second-order valence-corrected chi connectivity index (χ2v) is 5.41. The Balaban J connectivity index is 1.79.